The van der Waals surface area contributed by atoms with Crippen LogP contribution >= 0.6 is 31.9 Å². The van der Waals surface area contributed by atoms with Crippen molar-refractivity contribution in [1.82, 2.24) is 10.9 Å². The molecule has 0 aliphatic heterocycles. The number of hydrogen-bond acceptors (Lipinski definition) is 8. The van der Waals surface area contributed by atoms with Gasteiger partial charge in [0.1, 0.15) is 0 Å². The minimum Gasteiger partial charge on any atom is -0.503 e. The zero-order valence-electron chi connectivity index (χ0n) is 19.9. The number of rotatable bonds is 13. The Bertz CT molecular complexity index is 1040. The number of phenolic OH excluding ortho intramolecular Hbond substituents is 2. The largest absolute Gasteiger partial charge is 0.503 e. The van der Waals surface area contributed by atoms with Gasteiger partial charge >= 0.3 is 0 Å². The van der Waals surface area contributed by atoms with Gasteiger partial charge in [0, 0.05) is 12.8 Å². The van der Waals surface area contributed by atoms with Gasteiger partial charge in [-0.2, -0.15) is 10.2 Å². The summed E-state index contributed by atoms with van der Waals surface area (Å²) in [5.74, 6) is 0.0573. The minimum atomic E-state index is -0.282. The molecule has 0 aromatic heterocycles. The summed E-state index contributed by atoms with van der Waals surface area (Å²) in [6, 6.07) is 6.51. The van der Waals surface area contributed by atoms with Crippen LogP contribution in [0, 0.1) is 0 Å². The number of carbonyl (C=O) groups excluding carboxylic acids is 2. The zero-order chi connectivity index (χ0) is 26.5. The Hall–Kier alpha value is -3.12. The van der Waals surface area contributed by atoms with Crippen LogP contribution in [0.2, 0.25) is 0 Å². The number of amides is 2. The maximum atomic E-state index is 12.0. The van der Waals surface area contributed by atoms with Crippen molar-refractivity contribution in [3.63, 3.8) is 0 Å². The fourth-order valence-electron chi connectivity index (χ4n) is 2.91. The lowest BCUT2D eigenvalue weighted by atomic mass is 10.2. The summed E-state index contributed by atoms with van der Waals surface area (Å²) in [6.07, 6.45) is 4.30. The van der Waals surface area contributed by atoms with Gasteiger partial charge in [0.15, 0.2) is 23.0 Å². The highest BCUT2D eigenvalue weighted by Gasteiger charge is 2.10. The number of aromatic hydroxyl groups is 2. The van der Waals surface area contributed by atoms with Crippen molar-refractivity contribution in [2.24, 2.45) is 10.2 Å². The molecule has 0 fully saturated rings. The fraction of sp³-hybridized carbons (Fsp3) is 0.333. The summed E-state index contributed by atoms with van der Waals surface area (Å²) >= 11 is 6.49. The number of carbonyl (C=O) groups is 2. The fourth-order valence-corrected chi connectivity index (χ4v) is 3.83. The van der Waals surface area contributed by atoms with Crippen molar-refractivity contribution in [2.75, 3.05) is 13.2 Å². The van der Waals surface area contributed by atoms with Crippen molar-refractivity contribution in [2.45, 2.75) is 39.5 Å². The van der Waals surface area contributed by atoms with Gasteiger partial charge in [-0.25, -0.2) is 10.9 Å². The summed E-state index contributed by atoms with van der Waals surface area (Å²) in [5, 5.41) is 27.7. The lowest BCUT2D eigenvalue weighted by Crippen LogP contribution is -2.19. The van der Waals surface area contributed by atoms with E-state index in [0.29, 0.717) is 57.6 Å². The van der Waals surface area contributed by atoms with E-state index in [-0.39, 0.29) is 36.2 Å². The van der Waals surface area contributed by atoms with E-state index in [2.05, 4.69) is 52.9 Å². The van der Waals surface area contributed by atoms with E-state index in [1.54, 1.807) is 38.1 Å². The highest BCUT2D eigenvalue weighted by Crippen LogP contribution is 2.35. The number of nitrogens with one attached hydrogen (secondary N) is 2. The Morgan fingerprint density at radius 3 is 1.56 bits per heavy atom. The first-order valence-corrected chi connectivity index (χ1v) is 12.8. The molecule has 4 N–H and O–H groups in total. The smallest absolute Gasteiger partial charge is 0.240 e. The molecule has 0 radical (unpaired) electrons. The first-order chi connectivity index (χ1) is 17.2. The lowest BCUT2D eigenvalue weighted by Gasteiger charge is -2.08. The van der Waals surface area contributed by atoms with Crippen LogP contribution in [-0.4, -0.2) is 47.7 Å². The first-order valence-electron chi connectivity index (χ1n) is 11.2. The molecule has 0 bridgehead atoms. The average Bonchev–Trinajstić information content (AvgIpc) is 2.83. The maximum absolute atomic E-state index is 12.0. The number of benzene rings is 2. The molecule has 0 saturated heterocycles. The van der Waals surface area contributed by atoms with Crippen molar-refractivity contribution in [1.29, 1.82) is 0 Å². The first kappa shape index (κ1) is 29.1. The molecule has 36 heavy (non-hydrogen) atoms. The normalized spacial score (nSPS) is 11.1. The van der Waals surface area contributed by atoms with E-state index in [9.17, 15) is 19.8 Å². The summed E-state index contributed by atoms with van der Waals surface area (Å²) in [4.78, 5) is 23.9. The number of nitrogens with zero attached hydrogens (tertiary/aromatic N) is 2. The molecule has 0 aliphatic carbocycles. The van der Waals surface area contributed by atoms with E-state index in [1.807, 2.05) is 0 Å². The van der Waals surface area contributed by atoms with Crippen LogP contribution in [-0.2, 0) is 9.59 Å². The summed E-state index contributed by atoms with van der Waals surface area (Å²) in [6.45, 7) is 4.41. The van der Waals surface area contributed by atoms with Crippen molar-refractivity contribution in [3.05, 3.63) is 44.3 Å². The van der Waals surface area contributed by atoms with E-state index in [4.69, 9.17) is 9.47 Å². The quantitative estimate of drug-likeness (QED) is 0.145. The lowest BCUT2D eigenvalue weighted by molar-refractivity contribution is -0.123. The van der Waals surface area contributed by atoms with Crippen LogP contribution in [0.1, 0.15) is 50.7 Å². The third-order valence-electron chi connectivity index (χ3n) is 4.56. The number of phenols is 2. The predicted molar refractivity (Wildman–Crippen MR) is 144 cm³/mol. The Morgan fingerprint density at radius 2 is 1.19 bits per heavy atom. The van der Waals surface area contributed by atoms with Crippen LogP contribution in [0.5, 0.6) is 23.0 Å². The second kappa shape index (κ2) is 15.1. The molecule has 194 valence electrons. The molecule has 12 heteroatoms. The van der Waals surface area contributed by atoms with E-state index in [0.717, 1.165) is 0 Å². The highest BCUT2D eigenvalue weighted by atomic mass is 79.9. The molecule has 0 atom stereocenters. The Labute approximate surface area is 226 Å². The molecule has 2 aromatic rings. The standard InChI is InChI=1S/C24H28Br2N4O6/c1-3-35-19-11-15(9-17(25)23(19)33)13-27-29-21(31)7-5-6-8-22(32)30-28-14-16-10-18(26)24(34)20(12-16)36-4-2/h9-14,33-34H,3-8H2,1-2H3,(H,29,31)(H,30,32)/b27-13+,28-14+. The molecule has 0 heterocycles. The number of hydrazone groups is 2. The summed E-state index contributed by atoms with van der Waals surface area (Å²) in [5.41, 5.74) is 6.14. The number of halogens is 2. The predicted octanol–water partition coefficient (Wildman–Crippen LogP) is 4.58. The molecule has 0 saturated carbocycles. The van der Waals surface area contributed by atoms with Gasteiger partial charge in [-0.05, 0) is 93.9 Å². The Balaban J connectivity index is 1.71. The number of unbranched alkanes of at least 4 members (excludes halogenated alkanes) is 1. The maximum Gasteiger partial charge on any atom is 0.240 e. The van der Waals surface area contributed by atoms with Gasteiger partial charge in [0.2, 0.25) is 11.8 Å². The van der Waals surface area contributed by atoms with Crippen LogP contribution in [0.15, 0.2) is 43.4 Å². The molecule has 0 spiro atoms. The third-order valence-corrected chi connectivity index (χ3v) is 5.77. The SMILES string of the molecule is CCOc1cc(/C=N/NC(=O)CCCCC(=O)N/N=C/c2cc(Br)c(O)c(OCC)c2)cc(Br)c1O. The molecule has 0 unspecified atom stereocenters. The van der Waals surface area contributed by atoms with Gasteiger partial charge in [-0.15, -0.1) is 0 Å². The summed E-state index contributed by atoms with van der Waals surface area (Å²) < 4.78 is 11.6. The van der Waals surface area contributed by atoms with Crippen LogP contribution in [0.4, 0.5) is 0 Å². The number of hydrogen-bond donors (Lipinski definition) is 4. The highest BCUT2D eigenvalue weighted by molar-refractivity contribution is 9.10. The van der Waals surface area contributed by atoms with Gasteiger partial charge < -0.3 is 19.7 Å². The van der Waals surface area contributed by atoms with Crippen LogP contribution in [0.25, 0.3) is 0 Å². The average molecular weight is 628 g/mol. The van der Waals surface area contributed by atoms with Gasteiger partial charge in [0.25, 0.3) is 0 Å². The topological polar surface area (TPSA) is 142 Å². The Kier molecular flexibility index (Phi) is 12.2. The number of ether oxygens (including phenoxy) is 2. The van der Waals surface area contributed by atoms with E-state index in [1.165, 1.54) is 12.4 Å². The molecular weight excluding hydrogens is 600 g/mol. The zero-order valence-corrected chi connectivity index (χ0v) is 23.1. The van der Waals surface area contributed by atoms with E-state index < -0.39 is 0 Å². The summed E-state index contributed by atoms with van der Waals surface area (Å²) in [7, 11) is 0. The van der Waals surface area contributed by atoms with E-state index >= 15 is 0 Å². The van der Waals surface area contributed by atoms with Crippen molar-refractivity contribution >= 4 is 56.1 Å². The van der Waals surface area contributed by atoms with Crippen LogP contribution < -0.4 is 20.3 Å². The van der Waals surface area contributed by atoms with Gasteiger partial charge in [-0.3, -0.25) is 9.59 Å². The molecule has 2 rings (SSSR count). The second-order valence-corrected chi connectivity index (χ2v) is 9.07. The molecular formula is C24H28Br2N4O6. The van der Waals surface area contributed by atoms with Gasteiger partial charge in [-0.1, -0.05) is 0 Å². The van der Waals surface area contributed by atoms with Gasteiger partial charge in [0.05, 0.1) is 34.6 Å². The molecule has 10 nitrogen and oxygen atoms in total. The Morgan fingerprint density at radius 1 is 0.806 bits per heavy atom. The molecule has 2 amide bonds. The molecule has 0 aliphatic rings. The molecule has 2 aromatic carbocycles. The third kappa shape index (κ3) is 9.50. The van der Waals surface area contributed by atoms with Crippen LogP contribution in [0.3, 0.4) is 0 Å². The van der Waals surface area contributed by atoms with Crippen molar-refractivity contribution < 1.29 is 29.3 Å². The second-order valence-electron chi connectivity index (χ2n) is 7.36. The van der Waals surface area contributed by atoms with Crippen molar-refractivity contribution in [3.8, 4) is 23.0 Å². The monoisotopic (exact) mass is 626 g/mol. The minimum absolute atomic E-state index is 0.00287.